The van der Waals surface area contributed by atoms with E-state index in [4.69, 9.17) is 5.73 Å². The molecule has 1 aromatic heterocycles. The summed E-state index contributed by atoms with van der Waals surface area (Å²) >= 11 is 1.70. The van der Waals surface area contributed by atoms with E-state index < -0.39 is 0 Å². The molecule has 2 aromatic rings. The number of hydrogen-bond acceptors (Lipinski definition) is 2. The number of benzene rings is 1. The van der Waals surface area contributed by atoms with Gasteiger partial charge in [0, 0.05) is 15.5 Å². The Morgan fingerprint density at radius 1 is 1.36 bits per heavy atom. The molecular weight excluding hydrogens is 154 g/mol. The first-order chi connectivity index (χ1) is 5.29. The summed E-state index contributed by atoms with van der Waals surface area (Å²) < 4.78 is 1.28. The van der Waals surface area contributed by atoms with Crippen molar-refractivity contribution in [2.24, 2.45) is 0 Å². The van der Waals surface area contributed by atoms with E-state index in [1.807, 2.05) is 5.38 Å². The Morgan fingerprint density at radius 3 is 2.91 bits per heavy atom. The van der Waals surface area contributed by atoms with Gasteiger partial charge in [0.2, 0.25) is 0 Å². The molecule has 0 aliphatic heterocycles. The van der Waals surface area contributed by atoms with Crippen LogP contribution in [-0.4, -0.2) is 0 Å². The Kier molecular flexibility index (Phi) is 1.36. The molecule has 0 radical (unpaired) electrons. The molecule has 11 heavy (non-hydrogen) atoms. The maximum atomic E-state index is 5.79. The molecule has 0 aliphatic carbocycles. The van der Waals surface area contributed by atoms with E-state index in [9.17, 15) is 0 Å². The van der Waals surface area contributed by atoms with E-state index in [0.29, 0.717) is 0 Å². The van der Waals surface area contributed by atoms with Crippen molar-refractivity contribution >= 4 is 27.1 Å². The van der Waals surface area contributed by atoms with Gasteiger partial charge in [-0.05, 0) is 18.6 Å². The lowest BCUT2D eigenvalue weighted by molar-refractivity contribution is 1.55. The average Bonchev–Trinajstić information content (AvgIpc) is 2.34. The van der Waals surface area contributed by atoms with Crippen molar-refractivity contribution in [3.63, 3.8) is 0 Å². The van der Waals surface area contributed by atoms with Gasteiger partial charge in [-0.15, -0.1) is 11.3 Å². The van der Waals surface area contributed by atoms with Gasteiger partial charge in [-0.1, -0.05) is 12.1 Å². The first kappa shape index (κ1) is 6.68. The maximum absolute atomic E-state index is 5.79. The van der Waals surface area contributed by atoms with E-state index in [2.05, 4.69) is 25.1 Å². The van der Waals surface area contributed by atoms with E-state index in [0.717, 1.165) is 5.69 Å². The number of hydrogen-bond donors (Lipinski definition) is 1. The van der Waals surface area contributed by atoms with E-state index in [1.54, 1.807) is 11.3 Å². The monoisotopic (exact) mass is 163 g/mol. The van der Waals surface area contributed by atoms with E-state index in [1.165, 1.54) is 15.6 Å². The second-order valence-electron chi connectivity index (χ2n) is 2.64. The minimum Gasteiger partial charge on any atom is -0.398 e. The summed E-state index contributed by atoms with van der Waals surface area (Å²) in [5, 5.41) is 3.22. The highest BCUT2D eigenvalue weighted by molar-refractivity contribution is 7.17. The predicted octanol–water partition coefficient (Wildman–Crippen LogP) is 2.79. The zero-order valence-corrected chi connectivity index (χ0v) is 7.11. The molecule has 0 atom stereocenters. The number of aryl methyl sites for hydroxylation is 1. The van der Waals surface area contributed by atoms with Crippen molar-refractivity contribution in [3.05, 3.63) is 29.1 Å². The van der Waals surface area contributed by atoms with Crippen LogP contribution in [-0.2, 0) is 0 Å². The molecule has 0 unspecified atom stereocenters. The Bertz CT molecular complexity index is 389. The second kappa shape index (κ2) is 2.24. The lowest BCUT2D eigenvalue weighted by Gasteiger charge is -1.95. The summed E-state index contributed by atoms with van der Waals surface area (Å²) in [6.45, 7) is 2.09. The van der Waals surface area contributed by atoms with Crippen molar-refractivity contribution in [1.82, 2.24) is 0 Å². The van der Waals surface area contributed by atoms with Crippen LogP contribution in [0.5, 0.6) is 0 Å². The highest BCUT2D eigenvalue weighted by Crippen LogP contribution is 2.29. The average molecular weight is 163 g/mol. The van der Waals surface area contributed by atoms with Crippen molar-refractivity contribution < 1.29 is 0 Å². The van der Waals surface area contributed by atoms with Crippen LogP contribution in [0.15, 0.2) is 23.6 Å². The first-order valence-corrected chi connectivity index (χ1v) is 4.39. The highest BCUT2D eigenvalue weighted by Gasteiger charge is 2.01. The number of anilines is 1. The predicted molar refractivity (Wildman–Crippen MR) is 51.0 cm³/mol. The fourth-order valence-electron chi connectivity index (χ4n) is 1.29. The largest absolute Gasteiger partial charge is 0.398 e. The summed E-state index contributed by atoms with van der Waals surface area (Å²) in [4.78, 5) is 0. The fraction of sp³-hybridized carbons (Fsp3) is 0.111. The Labute approximate surface area is 69.5 Å². The minimum atomic E-state index is 0.906. The molecule has 1 nitrogen and oxygen atoms in total. The molecule has 1 heterocycles. The first-order valence-electron chi connectivity index (χ1n) is 3.51. The molecule has 0 saturated carbocycles. The minimum absolute atomic E-state index is 0.906. The van der Waals surface area contributed by atoms with Crippen LogP contribution in [0.2, 0.25) is 0 Å². The van der Waals surface area contributed by atoms with Crippen LogP contribution in [0.4, 0.5) is 5.69 Å². The third-order valence-electron chi connectivity index (χ3n) is 1.84. The number of nitrogen functional groups attached to an aromatic ring is 1. The van der Waals surface area contributed by atoms with Gasteiger partial charge in [-0.25, -0.2) is 0 Å². The van der Waals surface area contributed by atoms with Crippen molar-refractivity contribution in [2.75, 3.05) is 5.73 Å². The van der Waals surface area contributed by atoms with Crippen molar-refractivity contribution in [1.29, 1.82) is 0 Å². The SMILES string of the molecule is Cc1cccc2scc(N)c12. The molecule has 0 spiro atoms. The van der Waals surface area contributed by atoms with E-state index >= 15 is 0 Å². The molecule has 0 amide bonds. The van der Waals surface area contributed by atoms with Gasteiger partial charge in [0.1, 0.15) is 0 Å². The zero-order valence-electron chi connectivity index (χ0n) is 6.29. The van der Waals surface area contributed by atoms with Crippen LogP contribution in [0.25, 0.3) is 10.1 Å². The quantitative estimate of drug-likeness (QED) is 0.635. The summed E-state index contributed by atoms with van der Waals surface area (Å²) in [7, 11) is 0. The van der Waals surface area contributed by atoms with Crippen LogP contribution < -0.4 is 5.73 Å². The van der Waals surface area contributed by atoms with Gasteiger partial charge in [-0.2, -0.15) is 0 Å². The molecule has 2 heteroatoms. The molecular formula is C9H9NS. The third kappa shape index (κ3) is 0.906. The van der Waals surface area contributed by atoms with Crippen molar-refractivity contribution in [3.8, 4) is 0 Å². The third-order valence-corrected chi connectivity index (χ3v) is 2.80. The second-order valence-corrected chi connectivity index (χ2v) is 3.55. The molecule has 56 valence electrons. The number of nitrogens with two attached hydrogens (primary N) is 1. The summed E-state index contributed by atoms with van der Waals surface area (Å²) in [5.41, 5.74) is 7.96. The number of rotatable bonds is 0. The molecule has 2 N–H and O–H groups in total. The van der Waals surface area contributed by atoms with Crippen LogP contribution in [0, 0.1) is 6.92 Å². The molecule has 2 rings (SSSR count). The molecule has 1 aromatic carbocycles. The molecule has 0 fully saturated rings. The summed E-state index contributed by atoms with van der Waals surface area (Å²) in [6, 6.07) is 6.25. The van der Waals surface area contributed by atoms with Crippen molar-refractivity contribution in [2.45, 2.75) is 6.92 Å². The lowest BCUT2D eigenvalue weighted by atomic mass is 10.1. The topological polar surface area (TPSA) is 26.0 Å². The normalized spacial score (nSPS) is 10.6. The molecule has 0 aliphatic rings. The Morgan fingerprint density at radius 2 is 2.18 bits per heavy atom. The number of fused-ring (bicyclic) bond motifs is 1. The van der Waals surface area contributed by atoms with Crippen LogP contribution >= 0.6 is 11.3 Å². The smallest absolute Gasteiger partial charge is 0.0505 e. The van der Waals surface area contributed by atoms with Gasteiger partial charge in [0.15, 0.2) is 0 Å². The number of thiophene rings is 1. The lowest BCUT2D eigenvalue weighted by Crippen LogP contribution is -1.82. The van der Waals surface area contributed by atoms with Gasteiger partial charge >= 0.3 is 0 Å². The Hall–Kier alpha value is -1.02. The van der Waals surface area contributed by atoms with Gasteiger partial charge in [0.05, 0.1) is 5.69 Å². The standard InChI is InChI=1S/C9H9NS/c1-6-3-2-4-8-9(6)7(10)5-11-8/h2-5H,10H2,1H3. The Balaban J connectivity index is 2.96. The van der Waals surface area contributed by atoms with Crippen LogP contribution in [0.3, 0.4) is 0 Å². The van der Waals surface area contributed by atoms with Crippen LogP contribution in [0.1, 0.15) is 5.56 Å². The zero-order chi connectivity index (χ0) is 7.84. The summed E-state index contributed by atoms with van der Waals surface area (Å²) in [6.07, 6.45) is 0. The van der Waals surface area contributed by atoms with Gasteiger partial charge in [-0.3, -0.25) is 0 Å². The fourth-order valence-corrected chi connectivity index (χ4v) is 2.22. The maximum Gasteiger partial charge on any atom is 0.0505 e. The van der Waals surface area contributed by atoms with E-state index in [-0.39, 0.29) is 0 Å². The molecule has 0 saturated heterocycles. The highest BCUT2D eigenvalue weighted by atomic mass is 32.1. The van der Waals surface area contributed by atoms with Gasteiger partial charge < -0.3 is 5.73 Å². The molecule has 0 bridgehead atoms. The summed E-state index contributed by atoms with van der Waals surface area (Å²) in [5.74, 6) is 0. The van der Waals surface area contributed by atoms with Gasteiger partial charge in [0.25, 0.3) is 0 Å².